The lowest BCUT2D eigenvalue weighted by Crippen LogP contribution is -2.25. The molecule has 33 heavy (non-hydrogen) atoms. The second-order valence-electron chi connectivity index (χ2n) is 8.75. The molecule has 1 N–H and O–H groups in total. The van der Waals surface area contributed by atoms with E-state index >= 15 is 0 Å². The summed E-state index contributed by atoms with van der Waals surface area (Å²) < 4.78 is 3.79. The van der Waals surface area contributed by atoms with Gasteiger partial charge in [-0.3, -0.25) is 9.13 Å². The molecule has 0 amide bonds. The van der Waals surface area contributed by atoms with Gasteiger partial charge in [0, 0.05) is 18.4 Å². The maximum absolute atomic E-state index is 13.1. The first-order valence-electron chi connectivity index (χ1n) is 12.3. The molecule has 0 aliphatic rings. The van der Waals surface area contributed by atoms with Gasteiger partial charge in [0.25, 0.3) is 0 Å². The SMILES string of the molecule is CCCCCCc1cn(CCCCC)c(=O)n1Cc1ccc(-c2ccccc2C(=O)O)cc1. The molecular formula is C28H36N2O3. The summed E-state index contributed by atoms with van der Waals surface area (Å²) >= 11 is 0. The molecule has 0 saturated heterocycles. The highest BCUT2D eigenvalue weighted by Crippen LogP contribution is 2.24. The summed E-state index contributed by atoms with van der Waals surface area (Å²) in [6, 6.07) is 14.9. The van der Waals surface area contributed by atoms with Crippen molar-refractivity contribution in [2.24, 2.45) is 0 Å². The number of aromatic carboxylic acids is 1. The van der Waals surface area contributed by atoms with Gasteiger partial charge < -0.3 is 5.11 Å². The molecule has 2 aromatic carbocycles. The van der Waals surface area contributed by atoms with Crippen LogP contribution in [0.25, 0.3) is 11.1 Å². The first kappa shape index (κ1) is 24.6. The highest BCUT2D eigenvalue weighted by molar-refractivity contribution is 5.95. The fourth-order valence-electron chi connectivity index (χ4n) is 4.27. The van der Waals surface area contributed by atoms with Crippen LogP contribution in [0.4, 0.5) is 0 Å². The first-order valence-corrected chi connectivity index (χ1v) is 12.3. The van der Waals surface area contributed by atoms with Crippen LogP contribution in [0.5, 0.6) is 0 Å². The van der Waals surface area contributed by atoms with E-state index in [1.54, 1.807) is 12.1 Å². The van der Waals surface area contributed by atoms with Crippen LogP contribution < -0.4 is 5.69 Å². The van der Waals surface area contributed by atoms with Crippen LogP contribution in [0.15, 0.2) is 59.5 Å². The minimum absolute atomic E-state index is 0.0666. The van der Waals surface area contributed by atoms with Crippen LogP contribution in [0.2, 0.25) is 0 Å². The van der Waals surface area contributed by atoms with Crippen molar-refractivity contribution >= 4 is 5.97 Å². The second-order valence-corrected chi connectivity index (χ2v) is 8.75. The number of unbranched alkanes of at least 4 members (excludes halogenated alkanes) is 5. The third-order valence-corrected chi connectivity index (χ3v) is 6.18. The van der Waals surface area contributed by atoms with Crippen LogP contribution in [0.1, 0.15) is 80.4 Å². The molecule has 0 spiro atoms. The fraction of sp³-hybridized carbons (Fsp3) is 0.429. The van der Waals surface area contributed by atoms with E-state index in [0.29, 0.717) is 17.7 Å². The van der Waals surface area contributed by atoms with Gasteiger partial charge in [-0.1, -0.05) is 88.4 Å². The lowest BCUT2D eigenvalue weighted by Gasteiger charge is -2.10. The Labute approximate surface area is 196 Å². The van der Waals surface area contributed by atoms with E-state index in [4.69, 9.17) is 0 Å². The van der Waals surface area contributed by atoms with Crippen molar-refractivity contribution in [3.05, 3.63) is 82.0 Å². The van der Waals surface area contributed by atoms with Gasteiger partial charge in [0.1, 0.15) is 0 Å². The Hall–Kier alpha value is -3.08. The molecule has 0 aliphatic heterocycles. The van der Waals surface area contributed by atoms with E-state index in [1.807, 2.05) is 45.5 Å². The number of carboxylic acids is 1. The molecule has 1 heterocycles. The van der Waals surface area contributed by atoms with Crippen molar-refractivity contribution < 1.29 is 9.90 Å². The summed E-state index contributed by atoms with van der Waals surface area (Å²) in [5.74, 6) is -0.932. The predicted molar refractivity (Wildman–Crippen MR) is 134 cm³/mol. The Kier molecular flexibility index (Phi) is 9.11. The number of aryl methyl sites for hydroxylation is 2. The Morgan fingerprint density at radius 3 is 2.27 bits per heavy atom. The molecule has 0 bridgehead atoms. The lowest BCUT2D eigenvalue weighted by molar-refractivity contribution is 0.0697. The van der Waals surface area contributed by atoms with Crippen molar-refractivity contribution in [2.75, 3.05) is 0 Å². The summed E-state index contributed by atoms with van der Waals surface area (Å²) in [5.41, 5.74) is 4.06. The molecule has 0 radical (unpaired) electrons. The average Bonchev–Trinajstić information content (AvgIpc) is 3.12. The number of hydrogen-bond acceptors (Lipinski definition) is 2. The highest BCUT2D eigenvalue weighted by atomic mass is 16.4. The number of imidazole rings is 1. The second kappa shape index (κ2) is 12.2. The smallest absolute Gasteiger partial charge is 0.336 e. The molecule has 5 heteroatoms. The molecule has 0 atom stereocenters. The summed E-state index contributed by atoms with van der Waals surface area (Å²) in [6.07, 6.45) is 11.0. The molecule has 0 aliphatic carbocycles. The molecule has 3 rings (SSSR count). The van der Waals surface area contributed by atoms with E-state index in [2.05, 4.69) is 20.0 Å². The first-order chi connectivity index (χ1) is 16.0. The number of hydrogen-bond donors (Lipinski definition) is 1. The number of benzene rings is 2. The maximum atomic E-state index is 13.1. The summed E-state index contributed by atoms with van der Waals surface area (Å²) in [6.45, 7) is 5.68. The third kappa shape index (κ3) is 6.47. The van der Waals surface area contributed by atoms with Gasteiger partial charge in [-0.2, -0.15) is 0 Å². The quantitative estimate of drug-likeness (QED) is 0.309. The maximum Gasteiger partial charge on any atom is 0.336 e. The third-order valence-electron chi connectivity index (χ3n) is 6.18. The minimum atomic E-state index is -0.932. The van der Waals surface area contributed by atoms with Crippen molar-refractivity contribution in [2.45, 2.75) is 78.3 Å². The zero-order valence-electron chi connectivity index (χ0n) is 19.9. The van der Waals surface area contributed by atoms with Gasteiger partial charge in [0.15, 0.2) is 0 Å². The number of aromatic nitrogens is 2. The Morgan fingerprint density at radius 2 is 1.58 bits per heavy atom. The minimum Gasteiger partial charge on any atom is -0.478 e. The Bertz CT molecular complexity index is 1090. The van der Waals surface area contributed by atoms with Crippen molar-refractivity contribution in [1.29, 1.82) is 0 Å². The normalized spacial score (nSPS) is 11.1. The molecule has 0 fully saturated rings. The van der Waals surface area contributed by atoms with Crippen molar-refractivity contribution in [3.63, 3.8) is 0 Å². The van der Waals surface area contributed by atoms with E-state index < -0.39 is 5.97 Å². The topological polar surface area (TPSA) is 64.2 Å². The Morgan fingerprint density at radius 1 is 0.879 bits per heavy atom. The molecule has 0 unspecified atom stereocenters. The van der Waals surface area contributed by atoms with Crippen LogP contribution in [-0.2, 0) is 19.5 Å². The van der Waals surface area contributed by atoms with E-state index in [1.165, 1.54) is 19.3 Å². The summed E-state index contributed by atoms with van der Waals surface area (Å²) in [5, 5.41) is 9.48. The standard InChI is InChI=1S/C28H36N2O3/c1-3-5-7-8-12-24-21-29(19-11-6-4-2)28(33)30(24)20-22-15-17-23(18-16-22)25-13-9-10-14-26(25)27(31)32/h9-10,13-18,21H,3-8,11-12,19-20H2,1-2H3,(H,31,32). The largest absolute Gasteiger partial charge is 0.478 e. The van der Waals surface area contributed by atoms with Crippen LogP contribution in [0.3, 0.4) is 0 Å². The summed E-state index contributed by atoms with van der Waals surface area (Å²) in [7, 11) is 0. The average molecular weight is 449 g/mol. The van der Waals surface area contributed by atoms with Gasteiger partial charge in [0.05, 0.1) is 12.1 Å². The molecule has 1 aromatic heterocycles. The van der Waals surface area contributed by atoms with E-state index in [-0.39, 0.29) is 5.69 Å². The van der Waals surface area contributed by atoms with Gasteiger partial charge in [-0.25, -0.2) is 9.59 Å². The number of rotatable bonds is 13. The van der Waals surface area contributed by atoms with Crippen molar-refractivity contribution in [1.82, 2.24) is 9.13 Å². The van der Waals surface area contributed by atoms with Crippen LogP contribution in [-0.4, -0.2) is 20.2 Å². The molecule has 0 saturated carbocycles. The lowest BCUT2D eigenvalue weighted by atomic mass is 9.99. The molecule has 3 aromatic rings. The van der Waals surface area contributed by atoms with Gasteiger partial charge in [-0.05, 0) is 42.0 Å². The zero-order chi connectivity index (χ0) is 23.6. The van der Waals surface area contributed by atoms with Gasteiger partial charge in [-0.15, -0.1) is 0 Å². The van der Waals surface area contributed by atoms with Gasteiger partial charge >= 0.3 is 11.7 Å². The molecular weight excluding hydrogens is 412 g/mol. The summed E-state index contributed by atoms with van der Waals surface area (Å²) in [4.78, 5) is 24.7. The van der Waals surface area contributed by atoms with Crippen LogP contribution >= 0.6 is 0 Å². The fourth-order valence-corrected chi connectivity index (χ4v) is 4.27. The number of carboxylic acid groups (broad SMARTS) is 1. The zero-order valence-corrected chi connectivity index (χ0v) is 19.9. The Balaban J connectivity index is 1.82. The van der Waals surface area contributed by atoms with E-state index in [0.717, 1.165) is 55.5 Å². The predicted octanol–water partition coefficient (Wildman–Crippen LogP) is 6.38. The molecule has 176 valence electrons. The van der Waals surface area contributed by atoms with E-state index in [9.17, 15) is 14.7 Å². The number of carbonyl (C=O) groups is 1. The monoisotopic (exact) mass is 448 g/mol. The van der Waals surface area contributed by atoms with Crippen LogP contribution in [0, 0.1) is 0 Å². The van der Waals surface area contributed by atoms with Crippen molar-refractivity contribution in [3.8, 4) is 11.1 Å². The molecule has 5 nitrogen and oxygen atoms in total. The van der Waals surface area contributed by atoms with Gasteiger partial charge in [0.2, 0.25) is 0 Å². The number of nitrogens with zero attached hydrogens (tertiary/aromatic N) is 2. The highest BCUT2D eigenvalue weighted by Gasteiger charge is 2.13.